The van der Waals surface area contributed by atoms with Crippen molar-refractivity contribution in [1.29, 1.82) is 0 Å². The molecule has 0 amide bonds. The van der Waals surface area contributed by atoms with Crippen molar-refractivity contribution in [2.75, 3.05) is 13.7 Å². The Morgan fingerprint density at radius 2 is 2.11 bits per heavy atom. The largest absolute Gasteiger partial charge is 0.497 e. The Morgan fingerprint density at radius 3 is 2.89 bits per heavy atom. The summed E-state index contributed by atoms with van der Waals surface area (Å²) in [4.78, 5) is 0. The number of benzene rings is 1. The van der Waals surface area contributed by atoms with E-state index < -0.39 is 11.6 Å². The number of rotatable bonds is 1. The zero-order valence-electron chi connectivity index (χ0n) is 9.76. The van der Waals surface area contributed by atoms with Crippen molar-refractivity contribution in [3.05, 3.63) is 46.2 Å². The molecule has 0 aliphatic carbocycles. The summed E-state index contributed by atoms with van der Waals surface area (Å²) in [5.41, 5.74) is 1.68. The van der Waals surface area contributed by atoms with Gasteiger partial charge in [-0.2, -0.15) is 0 Å². The third kappa shape index (κ3) is 1.59. The Labute approximate surface area is 102 Å². The summed E-state index contributed by atoms with van der Waals surface area (Å²) < 4.78 is 31.9. The average molecular weight is 250 g/mol. The van der Waals surface area contributed by atoms with Crippen LogP contribution in [-0.4, -0.2) is 19.7 Å². The van der Waals surface area contributed by atoms with Crippen molar-refractivity contribution in [2.45, 2.75) is 6.04 Å². The summed E-state index contributed by atoms with van der Waals surface area (Å²) in [5, 5.41) is 7.48. The van der Waals surface area contributed by atoms with Crippen LogP contribution >= 0.6 is 0 Å². The summed E-state index contributed by atoms with van der Waals surface area (Å²) in [6, 6.07) is 2.39. The fraction of sp³-hybridized carbons (Fsp3) is 0.231. The number of fused-ring (bicyclic) bond motifs is 2. The van der Waals surface area contributed by atoms with Crippen LogP contribution in [0.3, 0.4) is 0 Å². The van der Waals surface area contributed by atoms with E-state index in [1.807, 2.05) is 7.05 Å². The average Bonchev–Trinajstić information content (AvgIpc) is 2.39. The van der Waals surface area contributed by atoms with Gasteiger partial charge in [0.2, 0.25) is 0 Å². The second-order valence-electron chi connectivity index (χ2n) is 4.26. The van der Waals surface area contributed by atoms with E-state index in [1.54, 1.807) is 12.5 Å². The van der Waals surface area contributed by atoms with Gasteiger partial charge in [-0.15, -0.1) is 0 Å². The van der Waals surface area contributed by atoms with E-state index in [0.717, 1.165) is 11.3 Å². The predicted molar refractivity (Wildman–Crippen MR) is 63.5 cm³/mol. The number of halogens is 2. The van der Waals surface area contributed by atoms with Crippen molar-refractivity contribution in [1.82, 2.24) is 10.6 Å². The molecule has 2 aliphatic rings. The highest BCUT2D eigenvalue weighted by atomic mass is 19.2. The van der Waals surface area contributed by atoms with Gasteiger partial charge in [0, 0.05) is 17.0 Å². The van der Waals surface area contributed by atoms with Crippen molar-refractivity contribution in [3.63, 3.8) is 0 Å². The minimum Gasteiger partial charge on any atom is -0.497 e. The Balaban J connectivity index is 2.37. The minimum absolute atomic E-state index is 0.0465. The van der Waals surface area contributed by atoms with E-state index in [-0.39, 0.29) is 6.04 Å². The minimum atomic E-state index is -0.840. The molecular formula is C13H12F2N2O. The van der Waals surface area contributed by atoms with Crippen LogP contribution in [0.15, 0.2) is 24.1 Å². The van der Waals surface area contributed by atoms with Gasteiger partial charge in [0.1, 0.15) is 12.9 Å². The van der Waals surface area contributed by atoms with Gasteiger partial charge in [0.05, 0.1) is 11.7 Å². The van der Waals surface area contributed by atoms with Crippen LogP contribution in [0.5, 0.6) is 0 Å². The fourth-order valence-corrected chi connectivity index (χ4v) is 2.30. The number of nitrogens with one attached hydrogen (secondary N) is 2. The number of ether oxygens (including phenoxy) is 1. The molecular weight excluding hydrogens is 238 g/mol. The molecule has 0 radical (unpaired) electrons. The smallest absolute Gasteiger partial charge is 0.159 e. The quantitative estimate of drug-likeness (QED) is 0.731. The maximum atomic E-state index is 13.4. The van der Waals surface area contributed by atoms with Crippen molar-refractivity contribution in [3.8, 4) is 0 Å². The van der Waals surface area contributed by atoms with E-state index in [4.69, 9.17) is 4.74 Å². The summed E-state index contributed by atoms with van der Waals surface area (Å²) in [6.07, 6.45) is 3.25. The van der Waals surface area contributed by atoms with Gasteiger partial charge in [-0.25, -0.2) is 8.78 Å². The maximum Gasteiger partial charge on any atom is 0.159 e. The highest BCUT2D eigenvalue weighted by Gasteiger charge is 2.24. The molecule has 5 heteroatoms. The first-order valence-electron chi connectivity index (χ1n) is 5.66. The van der Waals surface area contributed by atoms with Crippen LogP contribution in [0, 0.1) is 11.6 Å². The molecule has 18 heavy (non-hydrogen) atoms. The molecule has 0 unspecified atom stereocenters. The highest BCUT2D eigenvalue weighted by Crippen LogP contribution is 2.19. The van der Waals surface area contributed by atoms with E-state index >= 15 is 0 Å². The molecule has 0 fully saturated rings. The summed E-state index contributed by atoms with van der Waals surface area (Å²) >= 11 is 0. The lowest BCUT2D eigenvalue weighted by Crippen LogP contribution is -2.46. The van der Waals surface area contributed by atoms with Gasteiger partial charge >= 0.3 is 0 Å². The van der Waals surface area contributed by atoms with Gasteiger partial charge in [-0.3, -0.25) is 0 Å². The van der Waals surface area contributed by atoms with Gasteiger partial charge < -0.3 is 15.4 Å². The molecule has 0 spiro atoms. The van der Waals surface area contributed by atoms with Crippen molar-refractivity contribution in [2.24, 2.45) is 0 Å². The molecule has 3 rings (SSSR count). The molecule has 2 N–H and O–H groups in total. The molecule has 3 nitrogen and oxygen atoms in total. The molecule has 2 heterocycles. The second kappa shape index (κ2) is 4.10. The molecule has 1 aromatic rings. The Kier molecular flexibility index (Phi) is 2.56. The fourth-order valence-electron chi connectivity index (χ4n) is 2.30. The van der Waals surface area contributed by atoms with E-state index in [9.17, 15) is 8.78 Å². The van der Waals surface area contributed by atoms with Crippen LogP contribution in [0.4, 0.5) is 8.78 Å². The topological polar surface area (TPSA) is 33.3 Å². The summed E-state index contributed by atoms with van der Waals surface area (Å²) in [7, 11) is 1.81. The Hall–Kier alpha value is -1.88. The van der Waals surface area contributed by atoms with Gasteiger partial charge in [0.15, 0.2) is 11.6 Å². The van der Waals surface area contributed by atoms with Crippen LogP contribution in [0.25, 0.3) is 11.8 Å². The summed E-state index contributed by atoms with van der Waals surface area (Å²) in [5.74, 6) is -1.68. The van der Waals surface area contributed by atoms with Gasteiger partial charge in [-0.1, -0.05) is 0 Å². The number of likely N-dealkylation sites (N-methyl/N-ethyl adjacent to an activating group) is 1. The third-order valence-corrected chi connectivity index (χ3v) is 3.22. The summed E-state index contributed by atoms with van der Waals surface area (Å²) in [6.45, 7) is 0.468. The molecule has 94 valence electrons. The first-order valence-corrected chi connectivity index (χ1v) is 5.66. The van der Waals surface area contributed by atoms with E-state index in [0.29, 0.717) is 17.0 Å². The van der Waals surface area contributed by atoms with E-state index in [1.165, 1.54) is 12.1 Å². The lowest BCUT2D eigenvalue weighted by molar-refractivity contribution is 0.220. The van der Waals surface area contributed by atoms with Crippen LogP contribution in [0.1, 0.15) is 0 Å². The van der Waals surface area contributed by atoms with Crippen LogP contribution in [-0.2, 0) is 4.74 Å². The standard InChI is InChI=1S/C13H12F2N2O/c1-16-11-5-18-6-12-13(11)8-3-10(15)9(14)2-7(8)4-17-12/h2-4,6,11,16-17H,5H2,1H3/t11-/m1/s1. The van der Waals surface area contributed by atoms with E-state index in [2.05, 4.69) is 10.6 Å². The first-order chi connectivity index (χ1) is 8.70. The molecule has 0 aromatic heterocycles. The molecule has 0 saturated carbocycles. The van der Waals surface area contributed by atoms with Crippen molar-refractivity contribution < 1.29 is 13.5 Å². The SMILES string of the molecule is CN[C@@H]1COC=C2NC=c3cc(F)c(F)cc3=C21. The molecule has 0 bridgehead atoms. The predicted octanol–water partition coefficient (Wildman–Crippen LogP) is -0.0837. The first kappa shape index (κ1) is 11.2. The number of hydrogen-bond acceptors (Lipinski definition) is 3. The lowest BCUT2D eigenvalue weighted by Gasteiger charge is -2.28. The Morgan fingerprint density at radius 1 is 1.33 bits per heavy atom. The van der Waals surface area contributed by atoms with Gasteiger partial charge in [-0.05, 0) is 24.4 Å². The molecule has 0 saturated heterocycles. The van der Waals surface area contributed by atoms with Crippen molar-refractivity contribution >= 4 is 11.8 Å². The van der Waals surface area contributed by atoms with Gasteiger partial charge in [0.25, 0.3) is 0 Å². The normalized spacial score (nSPS) is 20.9. The maximum absolute atomic E-state index is 13.4. The molecule has 1 aromatic carbocycles. The molecule has 1 atom stereocenters. The van der Waals surface area contributed by atoms with Crippen LogP contribution < -0.4 is 21.1 Å². The highest BCUT2D eigenvalue weighted by molar-refractivity contribution is 5.71. The van der Waals surface area contributed by atoms with Crippen LogP contribution in [0.2, 0.25) is 0 Å². The monoisotopic (exact) mass is 250 g/mol. The third-order valence-electron chi connectivity index (χ3n) is 3.22. The zero-order chi connectivity index (χ0) is 12.7. The zero-order valence-corrected chi connectivity index (χ0v) is 9.76. The lowest BCUT2D eigenvalue weighted by atomic mass is 9.97. The Bertz CT molecular complexity index is 652. The molecule has 2 aliphatic heterocycles. The second-order valence-corrected chi connectivity index (χ2v) is 4.26. The number of hydrogen-bond donors (Lipinski definition) is 2.